The third-order valence-corrected chi connectivity index (χ3v) is 1.89. The molecule has 0 saturated carbocycles. The number of rotatable bonds is 0. The normalized spacial score (nSPS) is 9.85. The molecule has 1 aromatic rings. The lowest BCUT2D eigenvalue weighted by atomic mass is 10.0. The van der Waals surface area contributed by atoms with Crippen LogP contribution in [0.4, 0.5) is 13.2 Å². The minimum atomic E-state index is -1.29. The molecule has 0 N–H and O–H groups in total. The molecule has 1 nitrogen and oxygen atoms in total. The first-order valence-corrected chi connectivity index (χ1v) is 3.54. The Labute approximate surface area is 73.4 Å². The number of hydrogen-bond acceptors (Lipinski definition) is 1. The van der Waals surface area contributed by atoms with Gasteiger partial charge in [0.25, 0.3) is 0 Å². The fraction of sp³-hybridized carbons (Fsp3) is 0.222. The lowest BCUT2D eigenvalue weighted by molar-refractivity contribution is 0.480. The highest BCUT2D eigenvalue weighted by Crippen LogP contribution is 2.22. The Bertz CT molecular complexity index is 375. The van der Waals surface area contributed by atoms with Crippen LogP contribution in [0, 0.1) is 42.6 Å². The summed E-state index contributed by atoms with van der Waals surface area (Å²) in [6.07, 6.45) is 0. The van der Waals surface area contributed by atoms with Gasteiger partial charge < -0.3 is 0 Å². The molecule has 0 saturated heterocycles. The number of nitriles is 1. The van der Waals surface area contributed by atoms with Crippen molar-refractivity contribution < 1.29 is 13.2 Å². The second kappa shape index (κ2) is 3.09. The van der Waals surface area contributed by atoms with Crippen LogP contribution >= 0.6 is 0 Å². The molecular weight excluding hydrogens is 179 g/mol. The van der Waals surface area contributed by atoms with Crippen molar-refractivity contribution in [1.29, 1.82) is 5.26 Å². The lowest BCUT2D eigenvalue weighted by Gasteiger charge is -2.05. The molecule has 4 heteroatoms. The maximum absolute atomic E-state index is 13.1. The van der Waals surface area contributed by atoms with Crippen molar-refractivity contribution in [2.24, 2.45) is 0 Å². The molecule has 0 radical (unpaired) electrons. The van der Waals surface area contributed by atoms with Gasteiger partial charge in [-0.2, -0.15) is 5.26 Å². The summed E-state index contributed by atoms with van der Waals surface area (Å²) in [4.78, 5) is 0. The highest BCUT2D eigenvalue weighted by molar-refractivity contribution is 5.42. The Morgan fingerprint density at radius 1 is 0.923 bits per heavy atom. The smallest absolute Gasteiger partial charge is 0.177 e. The number of benzene rings is 1. The largest absolute Gasteiger partial charge is 0.206 e. The van der Waals surface area contributed by atoms with Crippen molar-refractivity contribution in [2.75, 3.05) is 0 Å². The zero-order valence-electron chi connectivity index (χ0n) is 7.08. The lowest BCUT2D eigenvalue weighted by Crippen LogP contribution is -2.02. The van der Waals surface area contributed by atoms with E-state index >= 15 is 0 Å². The first-order chi connectivity index (χ1) is 6.00. The van der Waals surface area contributed by atoms with Gasteiger partial charge in [0, 0.05) is 11.1 Å². The molecule has 0 unspecified atom stereocenters. The SMILES string of the molecule is Cc1c(F)c(C)c(C#N)c(F)c1F. The van der Waals surface area contributed by atoms with Crippen molar-refractivity contribution in [3.8, 4) is 6.07 Å². The molecule has 0 amide bonds. The summed E-state index contributed by atoms with van der Waals surface area (Å²) in [6.45, 7) is 2.37. The molecule has 1 rings (SSSR count). The predicted octanol–water partition coefficient (Wildman–Crippen LogP) is 2.59. The molecule has 0 atom stereocenters. The van der Waals surface area contributed by atoms with Gasteiger partial charge in [-0.3, -0.25) is 0 Å². The monoisotopic (exact) mass is 185 g/mol. The summed E-state index contributed by atoms with van der Waals surface area (Å²) in [7, 11) is 0. The highest BCUT2D eigenvalue weighted by atomic mass is 19.2. The predicted molar refractivity (Wildman–Crippen MR) is 40.5 cm³/mol. The van der Waals surface area contributed by atoms with Gasteiger partial charge >= 0.3 is 0 Å². The zero-order valence-corrected chi connectivity index (χ0v) is 7.08. The summed E-state index contributed by atoms with van der Waals surface area (Å²) in [5.41, 5.74) is -1.12. The maximum Gasteiger partial charge on any atom is 0.177 e. The molecule has 0 fully saturated rings. The van der Waals surface area contributed by atoms with E-state index in [0.29, 0.717) is 0 Å². The van der Waals surface area contributed by atoms with Crippen LogP contribution in [-0.2, 0) is 0 Å². The molecule has 0 spiro atoms. The van der Waals surface area contributed by atoms with Crippen LogP contribution in [0.3, 0.4) is 0 Å². The van der Waals surface area contributed by atoms with E-state index in [1.54, 1.807) is 0 Å². The third kappa shape index (κ3) is 1.26. The summed E-state index contributed by atoms with van der Waals surface area (Å²) >= 11 is 0. The van der Waals surface area contributed by atoms with Gasteiger partial charge in [0.15, 0.2) is 11.6 Å². The minimum absolute atomic E-state index is 0.154. The summed E-state index contributed by atoms with van der Waals surface area (Å²) < 4.78 is 38.9. The Morgan fingerprint density at radius 3 is 1.92 bits per heavy atom. The maximum atomic E-state index is 13.1. The molecule has 0 aliphatic rings. The van der Waals surface area contributed by atoms with Crippen LogP contribution in [0.15, 0.2) is 0 Å². The van der Waals surface area contributed by atoms with Crippen molar-refractivity contribution in [3.63, 3.8) is 0 Å². The van der Waals surface area contributed by atoms with Gasteiger partial charge in [-0.1, -0.05) is 0 Å². The van der Waals surface area contributed by atoms with E-state index < -0.39 is 28.6 Å². The number of hydrogen-bond donors (Lipinski definition) is 0. The average molecular weight is 185 g/mol. The van der Waals surface area contributed by atoms with Gasteiger partial charge in [-0.25, -0.2) is 13.2 Å². The van der Waals surface area contributed by atoms with Crippen LogP contribution in [0.5, 0.6) is 0 Å². The summed E-state index contributed by atoms with van der Waals surface area (Å²) in [6, 6.07) is 1.42. The van der Waals surface area contributed by atoms with Gasteiger partial charge in [0.1, 0.15) is 11.9 Å². The highest BCUT2D eigenvalue weighted by Gasteiger charge is 2.19. The molecule has 0 aliphatic heterocycles. The Morgan fingerprint density at radius 2 is 1.46 bits per heavy atom. The molecule has 13 heavy (non-hydrogen) atoms. The van der Waals surface area contributed by atoms with E-state index in [1.807, 2.05) is 0 Å². The van der Waals surface area contributed by atoms with Crippen LogP contribution in [0.25, 0.3) is 0 Å². The van der Waals surface area contributed by atoms with Crippen LogP contribution in [-0.4, -0.2) is 0 Å². The van der Waals surface area contributed by atoms with Crippen LogP contribution < -0.4 is 0 Å². The van der Waals surface area contributed by atoms with Gasteiger partial charge in [-0.05, 0) is 13.8 Å². The van der Waals surface area contributed by atoms with E-state index in [1.165, 1.54) is 13.0 Å². The zero-order chi connectivity index (χ0) is 10.2. The standard InChI is InChI=1S/C9H6F3N/c1-4-6(3-13)9(12)8(11)5(2)7(4)10/h1-2H3. The summed E-state index contributed by atoms with van der Waals surface area (Å²) in [5, 5.41) is 8.42. The van der Waals surface area contributed by atoms with Crippen molar-refractivity contribution in [1.82, 2.24) is 0 Å². The van der Waals surface area contributed by atoms with E-state index in [0.717, 1.165) is 6.92 Å². The second-order valence-corrected chi connectivity index (χ2v) is 2.68. The molecule has 0 heterocycles. The van der Waals surface area contributed by atoms with E-state index in [2.05, 4.69) is 0 Å². The molecule has 68 valence electrons. The third-order valence-electron chi connectivity index (χ3n) is 1.89. The molecule has 1 aromatic carbocycles. The Balaban J connectivity index is 3.69. The Kier molecular flexibility index (Phi) is 2.28. The molecule has 0 bridgehead atoms. The first-order valence-electron chi connectivity index (χ1n) is 3.54. The van der Waals surface area contributed by atoms with Crippen molar-refractivity contribution in [2.45, 2.75) is 13.8 Å². The quantitative estimate of drug-likeness (QED) is 0.570. The average Bonchev–Trinajstić information content (AvgIpc) is 2.13. The minimum Gasteiger partial charge on any atom is -0.206 e. The van der Waals surface area contributed by atoms with Gasteiger partial charge in [0.05, 0.1) is 5.56 Å². The topological polar surface area (TPSA) is 23.8 Å². The van der Waals surface area contributed by atoms with Crippen molar-refractivity contribution in [3.05, 3.63) is 34.1 Å². The van der Waals surface area contributed by atoms with Crippen molar-refractivity contribution >= 4 is 0 Å². The Hall–Kier alpha value is -1.50. The van der Waals surface area contributed by atoms with E-state index in [4.69, 9.17) is 5.26 Å². The molecule has 0 aromatic heterocycles. The van der Waals surface area contributed by atoms with Gasteiger partial charge in [-0.15, -0.1) is 0 Å². The number of halogens is 3. The van der Waals surface area contributed by atoms with Gasteiger partial charge in [0.2, 0.25) is 0 Å². The van der Waals surface area contributed by atoms with E-state index in [9.17, 15) is 13.2 Å². The molecule has 0 aliphatic carbocycles. The fourth-order valence-electron chi connectivity index (χ4n) is 1.06. The molecular formula is C9H6F3N. The van der Waals surface area contributed by atoms with E-state index in [-0.39, 0.29) is 5.56 Å². The first kappa shape index (κ1) is 9.59. The summed E-state index contributed by atoms with van der Waals surface area (Å²) in [5.74, 6) is -3.44. The van der Waals surface area contributed by atoms with Crippen LogP contribution in [0.2, 0.25) is 0 Å². The second-order valence-electron chi connectivity index (χ2n) is 2.68. The number of nitrogens with zero attached hydrogens (tertiary/aromatic N) is 1. The van der Waals surface area contributed by atoms with Crippen LogP contribution in [0.1, 0.15) is 16.7 Å². The fourth-order valence-corrected chi connectivity index (χ4v) is 1.06.